The quantitative estimate of drug-likeness (QED) is 0.628. The van der Waals surface area contributed by atoms with Crippen LogP contribution in [0.1, 0.15) is 6.92 Å². The summed E-state index contributed by atoms with van der Waals surface area (Å²) < 4.78 is 66.5. The number of hydrogen-bond donors (Lipinski definition) is 0. The molecule has 106 valence electrons. The van der Waals surface area contributed by atoms with Gasteiger partial charge in [-0.1, -0.05) is 0 Å². The smallest absolute Gasteiger partial charge is 0.253 e. The Morgan fingerprint density at radius 3 is 1.85 bits per heavy atom. The maximum absolute atomic E-state index is 13.7. The van der Waals surface area contributed by atoms with Gasteiger partial charge in [-0.25, -0.2) is 4.39 Å². The van der Waals surface area contributed by atoms with E-state index in [-0.39, 0.29) is 12.2 Å². The van der Waals surface area contributed by atoms with Gasteiger partial charge in [0.05, 0.1) is 0 Å². The van der Waals surface area contributed by atoms with Crippen LogP contribution in [0.25, 0.3) is 0 Å². The fourth-order valence-corrected chi connectivity index (χ4v) is 1.80. The lowest BCUT2D eigenvalue weighted by Crippen LogP contribution is -2.21. The van der Waals surface area contributed by atoms with E-state index in [1.807, 2.05) is 0 Å². The molecule has 0 bridgehead atoms. The molecular weight excluding hydrogens is 279 g/mol. The normalized spacial score (nSPS) is 10.7. The summed E-state index contributed by atoms with van der Waals surface area (Å²) in [4.78, 5) is 3.47. The number of aromatic nitrogens is 1. The molecule has 0 N–H and O–H groups in total. The zero-order valence-electron chi connectivity index (χ0n) is 10.3. The Hall–Kier alpha value is -2.18. The topological polar surface area (TPSA) is 16.1 Å². The van der Waals surface area contributed by atoms with Crippen molar-refractivity contribution >= 4 is 11.4 Å². The molecule has 0 saturated heterocycles. The Kier molecular flexibility index (Phi) is 3.87. The summed E-state index contributed by atoms with van der Waals surface area (Å²) in [6.07, 6.45) is 0. The molecule has 0 aliphatic heterocycles. The molecular formula is C13H9F5N2. The fourth-order valence-electron chi connectivity index (χ4n) is 1.80. The third-order valence-electron chi connectivity index (χ3n) is 2.70. The van der Waals surface area contributed by atoms with Gasteiger partial charge in [0, 0.05) is 12.2 Å². The molecule has 2 rings (SSSR count). The molecule has 0 radical (unpaired) electrons. The summed E-state index contributed by atoms with van der Waals surface area (Å²) in [5.74, 6) is -7.22. The Balaban J connectivity index is 2.60. The first kappa shape index (κ1) is 14.2. The van der Waals surface area contributed by atoms with Crippen LogP contribution in [0.15, 0.2) is 24.3 Å². The lowest BCUT2D eigenvalue weighted by Gasteiger charge is -2.24. The van der Waals surface area contributed by atoms with Crippen molar-refractivity contribution in [1.29, 1.82) is 0 Å². The van der Waals surface area contributed by atoms with E-state index in [1.54, 1.807) is 0 Å². The number of nitrogens with zero attached hydrogens (tertiary/aromatic N) is 2. The van der Waals surface area contributed by atoms with Crippen LogP contribution in [-0.2, 0) is 0 Å². The van der Waals surface area contributed by atoms with Gasteiger partial charge in [0.15, 0.2) is 0 Å². The lowest BCUT2D eigenvalue weighted by molar-refractivity contribution is 0.408. The first-order chi connectivity index (χ1) is 9.45. The van der Waals surface area contributed by atoms with Gasteiger partial charge in [-0.15, -0.1) is 0 Å². The van der Waals surface area contributed by atoms with Crippen LogP contribution in [0.5, 0.6) is 0 Å². The molecule has 7 heteroatoms. The number of pyridine rings is 1. The first-order valence-electron chi connectivity index (χ1n) is 5.68. The summed E-state index contributed by atoms with van der Waals surface area (Å²) in [6.45, 7) is 1.54. The molecule has 0 aliphatic rings. The van der Waals surface area contributed by atoms with E-state index < -0.39 is 35.0 Å². The third kappa shape index (κ3) is 2.43. The van der Waals surface area contributed by atoms with Gasteiger partial charge in [0.25, 0.3) is 11.9 Å². The molecule has 0 aliphatic carbocycles. The van der Waals surface area contributed by atoms with Crippen LogP contribution in [0, 0.1) is 29.3 Å². The Morgan fingerprint density at radius 2 is 1.40 bits per heavy atom. The molecule has 2 aromatic rings. The average molecular weight is 288 g/mol. The number of hydrogen-bond acceptors (Lipinski definition) is 2. The zero-order chi connectivity index (χ0) is 14.9. The SMILES string of the molecule is CCN(c1ccc(F)cc1)c1c(F)c(F)nc(F)c1F. The zero-order valence-corrected chi connectivity index (χ0v) is 10.3. The highest BCUT2D eigenvalue weighted by molar-refractivity contribution is 5.64. The molecule has 0 atom stereocenters. The van der Waals surface area contributed by atoms with Crippen LogP contribution in [0.3, 0.4) is 0 Å². The van der Waals surface area contributed by atoms with Crippen LogP contribution in [0.2, 0.25) is 0 Å². The van der Waals surface area contributed by atoms with Crippen LogP contribution < -0.4 is 4.90 Å². The minimum atomic E-state index is -1.74. The van der Waals surface area contributed by atoms with E-state index >= 15 is 0 Å². The van der Waals surface area contributed by atoms with Crippen molar-refractivity contribution < 1.29 is 22.0 Å². The highest BCUT2D eigenvalue weighted by Gasteiger charge is 2.25. The van der Waals surface area contributed by atoms with Crippen LogP contribution in [-0.4, -0.2) is 11.5 Å². The second-order valence-electron chi connectivity index (χ2n) is 3.89. The monoisotopic (exact) mass is 288 g/mol. The van der Waals surface area contributed by atoms with Gasteiger partial charge < -0.3 is 4.90 Å². The average Bonchev–Trinajstić information content (AvgIpc) is 2.43. The van der Waals surface area contributed by atoms with Gasteiger partial charge >= 0.3 is 0 Å². The Labute approximate surface area is 111 Å². The second kappa shape index (κ2) is 5.44. The van der Waals surface area contributed by atoms with E-state index in [4.69, 9.17) is 0 Å². The molecule has 1 aromatic heterocycles. The number of anilines is 2. The summed E-state index contributed by atoms with van der Waals surface area (Å²) in [5, 5.41) is 0. The van der Waals surface area contributed by atoms with Crippen molar-refractivity contribution in [3.63, 3.8) is 0 Å². The molecule has 0 unspecified atom stereocenters. The van der Waals surface area contributed by atoms with Crippen molar-refractivity contribution in [2.24, 2.45) is 0 Å². The Bertz CT molecular complexity index is 601. The van der Waals surface area contributed by atoms with Crippen molar-refractivity contribution in [3.8, 4) is 0 Å². The predicted molar refractivity (Wildman–Crippen MR) is 63.1 cm³/mol. The molecule has 2 nitrogen and oxygen atoms in total. The van der Waals surface area contributed by atoms with Gasteiger partial charge in [0.1, 0.15) is 11.5 Å². The molecule has 0 fully saturated rings. The minimum absolute atomic E-state index is 0.0162. The molecule has 0 saturated carbocycles. The van der Waals surface area contributed by atoms with E-state index in [2.05, 4.69) is 4.98 Å². The maximum atomic E-state index is 13.7. The standard InChI is InChI=1S/C13H9F5N2/c1-2-20(8-5-3-7(14)4-6-8)11-9(15)12(17)19-13(18)10(11)16/h3-6H,2H2,1H3. The molecule has 1 aromatic carbocycles. The largest absolute Gasteiger partial charge is 0.337 e. The number of halogens is 5. The van der Waals surface area contributed by atoms with Crippen molar-refractivity contribution in [1.82, 2.24) is 4.98 Å². The predicted octanol–water partition coefficient (Wildman–Crippen LogP) is 3.94. The molecule has 0 spiro atoms. The summed E-state index contributed by atoms with van der Waals surface area (Å²) in [5.41, 5.74) is -0.708. The van der Waals surface area contributed by atoms with Gasteiger partial charge in [-0.3, -0.25) is 0 Å². The maximum Gasteiger partial charge on any atom is 0.253 e. The van der Waals surface area contributed by atoms with Crippen molar-refractivity contribution in [3.05, 3.63) is 53.6 Å². The molecule has 0 amide bonds. The minimum Gasteiger partial charge on any atom is -0.337 e. The fraction of sp³-hybridized carbons (Fsp3) is 0.154. The van der Waals surface area contributed by atoms with E-state index in [0.29, 0.717) is 0 Å². The van der Waals surface area contributed by atoms with Crippen LogP contribution in [0.4, 0.5) is 33.3 Å². The van der Waals surface area contributed by atoms with Crippen molar-refractivity contribution in [2.75, 3.05) is 11.4 Å². The first-order valence-corrected chi connectivity index (χ1v) is 5.68. The van der Waals surface area contributed by atoms with E-state index in [0.717, 1.165) is 17.0 Å². The second-order valence-corrected chi connectivity index (χ2v) is 3.89. The van der Waals surface area contributed by atoms with E-state index in [1.165, 1.54) is 19.1 Å². The highest BCUT2D eigenvalue weighted by atomic mass is 19.2. The molecule has 20 heavy (non-hydrogen) atoms. The van der Waals surface area contributed by atoms with Gasteiger partial charge in [-0.2, -0.15) is 22.5 Å². The third-order valence-corrected chi connectivity index (χ3v) is 2.70. The number of benzene rings is 1. The van der Waals surface area contributed by atoms with Crippen molar-refractivity contribution in [2.45, 2.75) is 6.92 Å². The molecule has 1 heterocycles. The Morgan fingerprint density at radius 1 is 0.900 bits per heavy atom. The lowest BCUT2D eigenvalue weighted by atomic mass is 10.2. The summed E-state index contributed by atoms with van der Waals surface area (Å²) in [7, 11) is 0. The summed E-state index contributed by atoms with van der Waals surface area (Å²) >= 11 is 0. The van der Waals surface area contributed by atoms with Gasteiger partial charge in [-0.05, 0) is 31.2 Å². The van der Waals surface area contributed by atoms with E-state index in [9.17, 15) is 22.0 Å². The summed E-state index contributed by atoms with van der Waals surface area (Å²) in [6, 6.07) is 4.63. The highest BCUT2D eigenvalue weighted by Crippen LogP contribution is 2.31. The van der Waals surface area contributed by atoms with Gasteiger partial charge in [0.2, 0.25) is 11.6 Å². The van der Waals surface area contributed by atoms with Crippen LogP contribution >= 0.6 is 0 Å². The number of rotatable bonds is 3.